The summed E-state index contributed by atoms with van der Waals surface area (Å²) >= 11 is 12.0. The normalized spacial score (nSPS) is 11.5. The highest BCUT2D eigenvalue weighted by Gasteiger charge is 2.35. The van der Waals surface area contributed by atoms with Crippen molar-refractivity contribution in [2.45, 2.75) is 19.6 Å². The lowest BCUT2D eigenvalue weighted by Crippen LogP contribution is -2.39. The molecule has 0 bridgehead atoms. The molecule has 0 radical (unpaired) electrons. The molecule has 1 aromatic heterocycles. The van der Waals surface area contributed by atoms with Gasteiger partial charge in [-0.15, -0.1) is 0 Å². The Balaban J connectivity index is 2.45. The van der Waals surface area contributed by atoms with Crippen LogP contribution in [0.25, 0.3) is 0 Å². The molecule has 27 heavy (non-hydrogen) atoms. The number of aromatic amines is 1. The van der Waals surface area contributed by atoms with Crippen molar-refractivity contribution in [3.63, 3.8) is 0 Å². The molecular weight excluding hydrogens is 416 g/mol. The number of aromatic nitrogens is 2. The number of nitrogens with one attached hydrogen (secondary N) is 1. The Hall–Kier alpha value is -2.46. The van der Waals surface area contributed by atoms with Crippen LogP contribution in [0.1, 0.15) is 16.8 Å². The van der Waals surface area contributed by atoms with Crippen molar-refractivity contribution in [3.8, 4) is 5.75 Å². The summed E-state index contributed by atoms with van der Waals surface area (Å²) in [6, 6.07) is 2.58. The molecule has 0 fully saturated rings. The van der Waals surface area contributed by atoms with Crippen molar-refractivity contribution in [1.82, 2.24) is 9.55 Å². The molecule has 0 amide bonds. The summed E-state index contributed by atoms with van der Waals surface area (Å²) in [7, 11) is 0. The largest absolute Gasteiger partial charge is 0.480 e. The van der Waals surface area contributed by atoms with E-state index < -0.39 is 47.8 Å². The lowest BCUT2D eigenvalue weighted by Gasteiger charge is -2.14. The van der Waals surface area contributed by atoms with Crippen LogP contribution in [0.15, 0.2) is 21.7 Å². The van der Waals surface area contributed by atoms with Crippen molar-refractivity contribution in [1.29, 1.82) is 0 Å². The van der Waals surface area contributed by atoms with Gasteiger partial charge in [0, 0.05) is 5.56 Å². The highest BCUT2D eigenvalue weighted by molar-refractivity contribution is 6.43. The summed E-state index contributed by atoms with van der Waals surface area (Å²) in [6.45, 7) is -0.188. The number of ether oxygens (including phenoxy) is 1. The number of hydrogen-bond acceptors (Lipinski definition) is 4. The number of carboxylic acids is 1. The highest BCUT2D eigenvalue weighted by atomic mass is 35.5. The van der Waals surface area contributed by atoms with Gasteiger partial charge >= 0.3 is 17.8 Å². The zero-order chi connectivity index (χ0) is 20.5. The average molecular weight is 427 g/mol. The van der Waals surface area contributed by atoms with Gasteiger partial charge in [-0.25, -0.2) is 9.59 Å². The standard InChI is InChI=1S/C15H11Cl2F3N2O5/c1-6-12(15(18,19)20)21-14(26)22(13(6)25)4-7-2-3-8(11(17)10(7)16)27-5-9(23)24/h2-3H,4-5H2,1H3,(H,21,26)(H,23,24). The topological polar surface area (TPSA) is 101 Å². The number of halogens is 5. The second kappa shape index (κ2) is 7.65. The Morgan fingerprint density at radius 1 is 1.26 bits per heavy atom. The SMILES string of the molecule is Cc1c(C(F)(F)F)[nH]c(=O)n(Cc2ccc(OCC(=O)O)c(Cl)c2Cl)c1=O. The van der Waals surface area contributed by atoms with Gasteiger partial charge in [-0.2, -0.15) is 13.2 Å². The Labute approximate surface area is 158 Å². The predicted octanol–water partition coefficient (Wildman–Crippen LogP) is 2.68. The molecule has 2 N–H and O–H groups in total. The number of hydrogen-bond donors (Lipinski definition) is 2. The van der Waals surface area contributed by atoms with E-state index in [4.69, 9.17) is 33.0 Å². The van der Waals surface area contributed by atoms with E-state index >= 15 is 0 Å². The van der Waals surface area contributed by atoms with E-state index in [1.807, 2.05) is 0 Å². The van der Waals surface area contributed by atoms with Gasteiger partial charge in [0.2, 0.25) is 0 Å². The molecule has 0 unspecified atom stereocenters. The maximum absolute atomic E-state index is 12.8. The maximum atomic E-state index is 12.8. The van der Waals surface area contributed by atoms with Gasteiger partial charge in [0.25, 0.3) is 5.56 Å². The maximum Gasteiger partial charge on any atom is 0.431 e. The lowest BCUT2D eigenvalue weighted by molar-refractivity contribution is -0.142. The molecule has 1 aromatic carbocycles. The second-order valence-corrected chi connectivity index (χ2v) is 6.11. The first-order valence-corrected chi connectivity index (χ1v) is 7.91. The summed E-state index contributed by atoms with van der Waals surface area (Å²) in [5, 5.41) is 8.29. The van der Waals surface area contributed by atoms with E-state index in [1.54, 1.807) is 4.98 Å². The molecule has 0 aliphatic carbocycles. The minimum atomic E-state index is -4.88. The first-order chi connectivity index (χ1) is 12.4. The molecule has 0 atom stereocenters. The van der Waals surface area contributed by atoms with Crippen LogP contribution >= 0.6 is 23.2 Å². The number of alkyl halides is 3. The predicted molar refractivity (Wildman–Crippen MR) is 89.8 cm³/mol. The van der Waals surface area contributed by atoms with Gasteiger partial charge in [-0.05, 0) is 18.6 Å². The smallest absolute Gasteiger partial charge is 0.431 e. The number of nitrogens with zero attached hydrogens (tertiary/aromatic N) is 1. The van der Waals surface area contributed by atoms with E-state index in [2.05, 4.69) is 0 Å². The molecule has 1 heterocycles. The zero-order valence-corrected chi connectivity index (χ0v) is 15.0. The van der Waals surface area contributed by atoms with Crippen LogP contribution in [0.3, 0.4) is 0 Å². The fraction of sp³-hybridized carbons (Fsp3) is 0.267. The van der Waals surface area contributed by atoms with Crippen LogP contribution in [0.4, 0.5) is 13.2 Å². The van der Waals surface area contributed by atoms with Crippen LogP contribution in [-0.4, -0.2) is 27.2 Å². The van der Waals surface area contributed by atoms with Gasteiger partial charge in [-0.1, -0.05) is 29.3 Å². The quantitative estimate of drug-likeness (QED) is 0.765. The molecule has 0 saturated heterocycles. The Morgan fingerprint density at radius 3 is 2.44 bits per heavy atom. The van der Waals surface area contributed by atoms with E-state index in [0.29, 0.717) is 4.57 Å². The average Bonchev–Trinajstić information content (AvgIpc) is 2.56. The van der Waals surface area contributed by atoms with Gasteiger partial charge in [-0.3, -0.25) is 9.36 Å². The first kappa shape index (κ1) is 20.8. The van der Waals surface area contributed by atoms with E-state index in [1.165, 1.54) is 12.1 Å². The van der Waals surface area contributed by atoms with Crippen molar-refractivity contribution in [2.24, 2.45) is 0 Å². The second-order valence-electron chi connectivity index (χ2n) is 5.35. The number of carboxylic acid groups (broad SMARTS) is 1. The molecule has 12 heteroatoms. The molecule has 2 aromatic rings. The fourth-order valence-electron chi connectivity index (χ4n) is 2.21. The van der Waals surface area contributed by atoms with Crippen LogP contribution in [0, 0.1) is 6.92 Å². The van der Waals surface area contributed by atoms with E-state index in [0.717, 1.165) is 6.92 Å². The van der Waals surface area contributed by atoms with Crippen LogP contribution in [0.2, 0.25) is 10.0 Å². The molecule has 2 rings (SSSR count). The Morgan fingerprint density at radius 2 is 1.89 bits per heavy atom. The minimum Gasteiger partial charge on any atom is -0.480 e. The van der Waals surface area contributed by atoms with Crippen molar-refractivity contribution < 1.29 is 27.8 Å². The Kier molecular flexibility index (Phi) is 5.91. The third-order valence-electron chi connectivity index (χ3n) is 3.51. The number of rotatable bonds is 5. The van der Waals surface area contributed by atoms with Crippen LogP contribution < -0.4 is 16.0 Å². The third-order valence-corrected chi connectivity index (χ3v) is 4.41. The van der Waals surface area contributed by atoms with Gasteiger partial charge in [0.05, 0.1) is 11.6 Å². The zero-order valence-electron chi connectivity index (χ0n) is 13.5. The fourth-order valence-corrected chi connectivity index (χ4v) is 2.67. The summed E-state index contributed by atoms with van der Waals surface area (Å²) in [6.07, 6.45) is -4.88. The summed E-state index contributed by atoms with van der Waals surface area (Å²) < 4.78 is 44.0. The number of aliphatic carboxylic acids is 1. The molecular formula is C15H11Cl2F3N2O5. The Bertz CT molecular complexity index is 1010. The molecule has 7 nitrogen and oxygen atoms in total. The van der Waals surface area contributed by atoms with Crippen molar-refractivity contribution in [2.75, 3.05) is 6.61 Å². The van der Waals surface area contributed by atoms with Crippen molar-refractivity contribution in [3.05, 3.63) is 59.8 Å². The van der Waals surface area contributed by atoms with Gasteiger partial charge in [0.15, 0.2) is 6.61 Å². The minimum absolute atomic E-state index is 0.0438. The summed E-state index contributed by atoms with van der Waals surface area (Å²) in [5.41, 5.74) is -4.35. The lowest BCUT2D eigenvalue weighted by atomic mass is 10.2. The van der Waals surface area contributed by atoms with Gasteiger partial charge < -0.3 is 14.8 Å². The molecule has 0 saturated carbocycles. The van der Waals surface area contributed by atoms with Crippen LogP contribution in [0.5, 0.6) is 5.75 Å². The van der Waals surface area contributed by atoms with E-state index in [9.17, 15) is 27.6 Å². The third kappa shape index (κ3) is 4.45. The molecule has 0 aliphatic heterocycles. The molecule has 0 spiro atoms. The number of carbonyl (C=O) groups is 1. The molecule has 0 aliphatic rings. The van der Waals surface area contributed by atoms with E-state index in [-0.39, 0.29) is 21.4 Å². The summed E-state index contributed by atoms with van der Waals surface area (Å²) in [4.78, 5) is 36.3. The van der Waals surface area contributed by atoms with Gasteiger partial charge in [0.1, 0.15) is 16.5 Å². The number of benzene rings is 1. The first-order valence-electron chi connectivity index (χ1n) is 7.15. The monoisotopic (exact) mass is 426 g/mol. The highest BCUT2D eigenvalue weighted by Crippen LogP contribution is 2.35. The van der Waals surface area contributed by atoms with Crippen molar-refractivity contribution >= 4 is 29.2 Å². The summed E-state index contributed by atoms with van der Waals surface area (Å²) in [5.74, 6) is -1.29. The molecule has 146 valence electrons. The van der Waals surface area contributed by atoms with Crippen LogP contribution in [-0.2, 0) is 17.5 Å². The number of H-pyrrole nitrogens is 1.